The highest BCUT2D eigenvalue weighted by molar-refractivity contribution is 5.89. The molecule has 1 heterocycles. The monoisotopic (exact) mass is 277 g/mol. The maximum Gasteiger partial charge on any atom is 0.321 e. The average Bonchev–Trinajstić information content (AvgIpc) is 2.41. The first-order valence-corrected chi connectivity index (χ1v) is 6.61. The highest BCUT2D eigenvalue weighted by atomic mass is 16.4. The van der Waals surface area contributed by atoms with Gasteiger partial charge >= 0.3 is 12.0 Å². The number of amides is 2. The maximum atomic E-state index is 12.1. The summed E-state index contributed by atoms with van der Waals surface area (Å²) in [4.78, 5) is 26.2. The van der Waals surface area contributed by atoms with Gasteiger partial charge < -0.3 is 15.3 Å². The first-order valence-electron chi connectivity index (χ1n) is 6.61. The van der Waals surface area contributed by atoms with Crippen LogP contribution in [0.2, 0.25) is 0 Å². The van der Waals surface area contributed by atoms with Crippen LogP contribution in [-0.2, 0) is 4.79 Å². The lowest BCUT2D eigenvalue weighted by Crippen LogP contribution is -2.51. The van der Waals surface area contributed by atoms with Gasteiger partial charge in [0.2, 0.25) is 0 Å². The molecule has 1 saturated heterocycles. The normalized spacial score (nSPS) is 15.9. The van der Waals surface area contributed by atoms with Crippen molar-refractivity contribution in [2.75, 3.05) is 38.0 Å². The second-order valence-corrected chi connectivity index (χ2v) is 4.95. The van der Waals surface area contributed by atoms with Crippen molar-refractivity contribution in [3.05, 3.63) is 29.8 Å². The number of piperazine rings is 1. The summed E-state index contributed by atoms with van der Waals surface area (Å²) in [7, 11) is 0. The van der Waals surface area contributed by atoms with Crippen molar-refractivity contribution in [1.82, 2.24) is 9.80 Å². The SMILES string of the molecule is Cc1ccc(NC(=O)N2CCN(CC(=O)O)CC2)cc1. The number of carbonyl (C=O) groups excluding carboxylic acids is 1. The summed E-state index contributed by atoms with van der Waals surface area (Å²) < 4.78 is 0. The second-order valence-electron chi connectivity index (χ2n) is 4.95. The Bertz CT molecular complexity index is 479. The quantitative estimate of drug-likeness (QED) is 0.871. The minimum absolute atomic E-state index is 0.0351. The first kappa shape index (κ1) is 14.3. The van der Waals surface area contributed by atoms with Crippen LogP contribution in [0.4, 0.5) is 10.5 Å². The van der Waals surface area contributed by atoms with Gasteiger partial charge in [0, 0.05) is 31.9 Å². The Balaban J connectivity index is 1.82. The molecule has 2 amide bonds. The number of anilines is 1. The topological polar surface area (TPSA) is 72.9 Å². The number of carbonyl (C=O) groups is 2. The minimum atomic E-state index is -0.831. The lowest BCUT2D eigenvalue weighted by atomic mass is 10.2. The number of benzene rings is 1. The van der Waals surface area contributed by atoms with E-state index in [9.17, 15) is 9.59 Å². The molecule has 0 radical (unpaired) electrons. The number of hydrogen-bond acceptors (Lipinski definition) is 3. The summed E-state index contributed by atoms with van der Waals surface area (Å²) in [6.45, 7) is 4.30. The highest BCUT2D eigenvalue weighted by Gasteiger charge is 2.22. The van der Waals surface area contributed by atoms with Crippen molar-refractivity contribution < 1.29 is 14.7 Å². The van der Waals surface area contributed by atoms with Crippen LogP contribution >= 0.6 is 0 Å². The van der Waals surface area contributed by atoms with E-state index >= 15 is 0 Å². The van der Waals surface area contributed by atoms with Gasteiger partial charge in [0.1, 0.15) is 0 Å². The summed E-state index contributed by atoms with van der Waals surface area (Å²) >= 11 is 0. The van der Waals surface area contributed by atoms with Gasteiger partial charge in [-0.1, -0.05) is 17.7 Å². The third-order valence-electron chi connectivity index (χ3n) is 3.32. The van der Waals surface area contributed by atoms with Crippen LogP contribution in [0, 0.1) is 6.92 Å². The van der Waals surface area contributed by atoms with Crippen LogP contribution < -0.4 is 5.32 Å². The van der Waals surface area contributed by atoms with Crippen molar-refractivity contribution >= 4 is 17.7 Å². The van der Waals surface area contributed by atoms with Crippen molar-refractivity contribution in [2.45, 2.75) is 6.92 Å². The van der Waals surface area contributed by atoms with Crippen molar-refractivity contribution in [3.8, 4) is 0 Å². The molecule has 0 bridgehead atoms. The predicted molar refractivity (Wildman–Crippen MR) is 75.8 cm³/mol. The van der Waals surface area contributed by atoms with Crippen LogP contribution in [0.25, 0.3) is 0 Å². The zero-order valence-electron chi connectivity index (χ0n) is 11.5. The lowest BCUT2D eigenvalue weighted by molar-refractivity contribution is -0.138. The van der Waals surface area contributed by atoms with E-state index in [0.29, 0.717) is 26.2 Å². The fourth-order valence-electron chi connectivity index (χ4n) is 2.14. The predicted octanol–water partition coefficient (Wildman–Crippen LogP) is 1.23. The molecule has 1 aliphatic heterocycles. The van der Waals surface area contributed by atoms with Crippen LogP contribution in [0.15, 0.2) is 24.3 Å². The number of aliphatic carboxylic acids is 1. The molecule has 0 atom stereocenters. The van der Waals surface area contributed by atoms with Crippen LogP contribution in [0.3, 0.4) is 0 Å². The fourth-order valence-corrected chi connectivity index (χ4v) is 2.14. The zero-order chi connectivity index (χ0) is 14.5. The Kier molecular flexibility index (Phi) is 4.57. The van der Waals surface area contributed by atoms with Crippen molar-refractivity contribution in [3.63, 3.8) is 0 Å². The van der Waals surface area contributed by atoms with Gasteiger partial charge in [-0.25, -0.2) is 4.79 Å². The van der Waals surface area contributed by atoms with E-state index in [1.807, 2.05) is 36.1 Å². The van der Waals surface area contributed by atoms with Crippen molar-refractivity contribution in [1.29, 1.82) is 0 Å². The molecule has 0 aromatic heterocycles. The van der Waals surface area contributed by atoms with Gasteiger partial charge in [-0.05, 0) is 19.1 Å². The van der Waals surface area contributed by atoms with E-state index in [4.69, 9.17) is 5.11 Å². The summed E-state index contributed by atoms with van der Waals surface area (Å²) in [6.07, 6.45) is 0. The highest BCUT2D eigenvalue weighted by Crippen LogP contribution is 2.10. The van der Waals surface area contributed by atoms with E-state index in [1.54, 1.807) is 4.90 Å². The Morgan fingerprint density at radius 2 is 1.75 bits per heavy atom. The molecular weight excluding hydrogens is 258 g/mol. The van der Waals surface area contributed by atoms with Gasteiger partial charge in [0.05, 0.1) is 6.54 Å². The number of nitrogens with zero attached hydrogens (tertiary/aromatic N) is 2. The van der Waals surface area contributed by atoms with Crippen LogP contribution in [0.1, 0.15) is 5.56 Å². The van der Waals surface area contributed by atoms with Crippen LogP contribution in [0.5, 0.6) is 0 Å². The maximum absolute atomic E-state index is 12.1. The molecule has 20 heavy (non-hydrogen) atoms. The fraction of sp³-hybridized carbons (Fsp3) is 0.429. The van der Waals surface area contributed by atoms with E-state index in [2.05, 4.69) is 5.32 Å². The number of carboxylic acids is 1. The smallest absolute Gasteiger partial charge is 0.321 e. The van der Waals surface area contributed by atoms with Gasteiger partial charge in [-0.15, -0.1) is 0 Å². The number of rotatable bonds is 3. The van der Waals surface area contributed by atoms with E-state index in [1.165, 1.54) is 0 Å². The van der Waals surface area contributed by atoms with E-state index < -0.39 is 5.97 Å². The summed E-state index contributed by atoms with van der Waals surface area (Å²) in [5.74, 6) is -0.831. The molecule has 6 heteroatoms. The molecule has 108 valence electrons. The summed E-state index contributed by atoms with van der Waals surface area (Å²) in [6, 6.07) is 7.49. The third kappa shape index (κ3) is 3.96. The second kappa shape index (κ2) is 6.38. The van der Waals surface area contributed by atoms with Gasteiger partial charge in [0.15, 0.2) is 0 Å². The summed E-state index contributed by atoms with van der Waals surface area (Å²) in [5, 5.41) is 11.6. The molecule has 1 fully saturated rings. The molecule has 0 saturated carbocycles. The Morgan fingerprint density at radius 3 is 2.30 bits per heavy atom. The number of nitrogens with one attached hydrogen (secondary N) is 1. The number of aryl methyl sites for hydroxylation is 1. The number of carboxylic acid groups (broad SMARTS) is 1. The van der Waals surface area contributed by atoms with Crippen molar-refractivity contribution in [2.24, 2.45) is 0 Å². The molecule has 2 rings (SSSR count). The Morgan fingerprint density at radius 1 is 1.15 bits per heavy atom. The van der Waals surface area contributed by atoms with Crippen LogP contribution in [-0.4, -0.2) is 59.6 Å². The molecule has 2 N–H and O–H groups in total. The molecule has 0 aliphatic carbocycles. The zero-order valence-corrected chi connectivity index (χ0v) is 11.5. The Labute approximate surface area is 118 Å². The van der Waals surface area contributed by atoms with E-state index in [-0.39, 0.29) is 12.6 Å². The first-order chi connectivity index (χ1) is 9.54. The third-order valence-corrected chi connectivity index (χ3v) is 3.32. The summed E-state index contributed by atoms with van der Waals surface area (Å²) in [5.41, 5.74) is 1.92. The molecule has 0 unspecified atom stereocenters. The lowest BCUT2D eigenvalue weighted by Gasteiger charge is -2.33. The molecule has 1 aromatic carbocycles. The average molecular weight is 277 g/mol. The molecule has 6 nitrogen and oxygen atoms in total. The minimum Gasteiger partial charge on any atom is -0.480 e. The molecule has 0 spiro atoms. The number of hydrogen-bond donors (Lipinski definition) is 2. The van der Waals surface area contributed by atoms with Gasteiger partial charge in [-0.3, -0.25) is 9.69 Å². The standard InChI is InChI=1S/C14H19N3O3/c1-11-2-4-12(5-3-11)15-14(20)17-8-6-16(7-9-17)10-13(18)19/h2-5H,6-10H2,1H3,(H,15,20)(H,18,19). The molecule has 1 aromatic rings. The largest absolute Gasteiger partial charge is 0.480 e. The molecular formula is C14H19N3O3. The molecule has 1 aliphatic rings. The Hall–Kier alpha value is -2.08. The van der Waals surface area contributed by atoms with Gasteiger partial charge in [0.25, 0.3) is 0 Å². The van der Waals surface area contributed by atoms with Gasteiger partial charge in [-0.2, -0.15) is 0 Å². The number of urea groups is 1. The van der Waals surface area contributed by atoms with E-state index in [0.717, 1.165) is 11.3 Å².